The van der Waals surface area contributed by atoms with Crippen LogP contribution in [0.3, 0.4) is 0 Å². The maximum Gasteiger partial charge on any atom is 0.158 e. The Morgan fingerprint density at radius 2 is 2.26 bits per heavy atom. The van der Waals surface area contributed by atoms with Crippen molar-refractivity contribution in [3.05, 3.63) is 11.9 Å². The zero-order valence-electron chi connectivity index (χ0n) is 11.7. The Hall–Kier alpha value is -1.40. The normalized spacial score (nSPS) is 15.1. The molecular formula is C13H23N5O. The first-order valence-corrected chi connectivity index (χ1v) is 6.85. The van der Waals surface area contributed by atoms with Gasteiger partial charge in [0.05, 0.1) is 0 Å². The van der Waals surface area contributed by atoms with Crippen molar-refractivity contribution < 1.29 is 4.74 Å². The van der Waals surface area contributed by atoms with Gasteiger partial charge < -0.3 is 15.1 Å². The van der Waals surface area contributed by atoms with E-state index in [1.807, 2.05) is 6.07 Å². The van der Waals surface area contributed by atoms with Gasteiger partial charge in [0.25, 0.3) is 0 Å². The van der Waals surface area contributed by atoms with Gasteiger partial charge in [-0.25, -0.2) is 15.8 Å². The molecule has 0 radical (unpaired) electrons. The molecular weight excluding hydrogens is 242 g/mol. The van der Waals surface area contributed by atoms with Crippen LogP contribution in [0.4, 0.5) is 11.6 Å². The van der Waals surface area contributed by atoms with Gasteiger partial charge in [0, 0.05) is 26.3 Å². The summed E-state index contributed by atoms with van der Waals surface area (Å²) in [5.41, 5.74) is 2.59. The summed E-state index contributed by atoms with van der Waals surface area (Å²) in [5.74, 6) is 8.47. The first kappa shape index (κ1) is 14.0. The maximum absolute atomic E-state index is 5.46. The smallest absolute Gasteiger partial charge is 0.158 e. The summed E-state index contributed by atoms with van der Waals surface area (Å²) in [6, 6.07) is 1.89. The van der Waals surface area contributed by atoms with E-state index in [0.29, 0.717) is 18.2 Å². The van der Waals surface area contributed by atoms with Gasteiger partial charge in [0.2, 0.25) is 0 Å². The van der Waals surface area contributed by atoms with Crippen LogP contribution in [0.5, 0.6) is 0 Å². The highest BCUT2D eigenvalue weighted by molar-refractivity contribution is 5.48. The van der Waals surface area contributed by atoms with Crippen LogP contribution in [0.15, 0.2) is 6.07 Å². The van der Waals surface area contributed by atoms with E-state index in [2.05, 4.69) is 27.2 Å². The van der Waals surface area contributed by atoms with Crippen LogP contribution < -0.4 is 16.2 Å². The van der Waals surface area contributed by atoms with Gasteiger partial charge in [-0.1, -0.05) is 6.42 Å². The fourth-order valence-electron chi connectivity index (χ4n) is 2.28. The van der Waals surface area contributed by atoms with Gasteiger partial charge in [-0.15, -0.1) is 0 Å². The topological polar surface area (TPSA) is 76.3 Å². The van der Waals surface area contributed by atoms with E-state index < -0.39 is 0 Å². The van der Waals surface area contributed by atoms with Crippen molar-refractivity contribution in [2.45, 2.75) is 32.8 Å². The number of nitrogen functional groups attached to an aromatic ring is 1. The first-order valence-electron chi connectivity index (χ1n) is 6.85. The molecule has 3 N–H and O–H groups in total. The van der Waals surface area contributed by atoms with Crippen molar-refractivity contribution in [2.24, 2.45) is 11.8 Å². The molecule has 1 aliphatic rings. The largest absolute Gasteiger partial charge is 0.377 e. The summed E-state index contributed by atoms with van der Waals surface area (Å²) in [5, 5.41) is 0. The highest BCUT2D eigenvalue weighted by Gasteiger charge is 2.21. The van der Waals surface area contributed by atoms with Crippen molar-refractivity contribution >= 4 is 11.6 Å². The molecule has 0 atom stereocenters. The second kappa shape index (κ2) is 6.68. The number of hydrazine groups is 1. The lowest BCUT2D eigenvalue weighted by Gasteiger charge is -2.32. The van der Waals surface area contributed by atoms with Gasteiger partial charge in [0.15, 0.2) is 5.82 Å². The molecule has 0 unspecified atom stereocenters. The molecule has 1 aliphatic carbocycles. The molecule has 2 rings (SSSR count). The minimum absolute atomic E-state index is 0.392. The lowest BCUT2D eigenvalue weighted by atomic mass is 9.85. The van der Waals surface area contributed by atoms with Crippen LogP contribution in [0, 0.1) is 5.92 Å². The Labute approximate surface area is 114 Å². The summed E-state index contributed by atoms with van der Waals surface area (Å²) in [6.07, 6.45) is 4.01. The van der Waals surface area contributed by atoms with Gasteiger partial charge in [-0.05, 0) is 25.7 Å². The van der Waals surface area contributed by atoms with E-state index in [4.69, 9.17) is 10.6 Å². The maximum atomic E-state index is 5.46. The third-order valence-electron chi connectivity index (χ3n) is 3.59. The van der Waals surface area contributed by atoms with Crippen molar-refractivity contribution in [3.63, 3.8) is 0 Å². The number of nitrogens with one attached hydrogen (secondary N) is 1. The van der Waals surface area contributed by atoms with Crippen LogP contribution in [-0.2, 0) is 11.3 Å². The number of hydrogen-bond donors (Lipinski definition) is 2. The molecule has 19 heavy (non-hydrogen) atoms. The van der Waals surface area contributed by atoms with Crippen molar-refractivity contribution in [2.75, 3.05) is 30.5 Å². The zero-order valence-corrected chi connectivity index (χ0v) is 11.7. The van der Waals surface area contributed by atoms with E-state index in [-0.39, 0.29) is 0 Å². The number of aromatic nitrogens is 2. The van der Waals surface area contributed by atoms with E-state index >= 15 is 0 Å². The minimum atomic E-state index is 0.392. The minimum Gasteiger partial charge on any atom is -0.377 e. The van der Waals surface area contributed by atoms with Gasteiger partial charge in [-0.3, -0.25) is 0 Å². The number of ether oxygens (including phenoxy) is 1. The number of hydrogen-bond acceptors (Lipinski definition) is 6. The number of rotatable bonds is 7. The van der Waals surface area contributed by atoms with E-state index in [0.717, 1.165) is 24.8 Å². The van der Waals surface area contributed by atoms with Crippen LogP contribution in [0.25, 0.3) is 0 Å². The first-order chi connectivity index (χ1) is 9.26. The molecule has 106 valence electrons. The predicted octanol–water partition coefficient (Wildman–Crippen LogP) is 1.53. The third kappa shape index (κ3) is 3.54. The second-order valence-corrected chi connectivity index (χ2v) is 4.94. The number of nitrogens with two attached hydrogens (primary N) is 1. The summed E-state index contributed by atoms with van der Waals surface area (Å²) < 4.78 is 5.10. The summed E-state index contributed by atoms with van der Waals surface area (Å²) in [6.45, 7) is 4.53. The molecule has 6 heteroatoms. The monoisotopic (exact) mass is 265 g/mol. The van der Waals surface area contributed by atoms with Crippen LogP contribution in [0.1, 0.15) is 32.0 Å². The molecule has 1 saturated carbocycles. The molecule has 0 aromatic carbocycles. The van der Waals surface area contributed by atoms with Crippen LogP contribution in [-0.4, -0.2) is 30.2 Å². The molecule has 0 spiro atoms. The lowest BCUT2D eigenvalue weighted by molar-refractivity contribution is 0.178. The van der Waals surface area contributed by atoms with Crippen molar-refractivity contribution in [1.29, 1.82) is 0 Å². The summed E-state index contributed by atoms with van der Waals surface area (Å²) >= 11 is 0. The Bertz CT molecular complexity index is 408. The highest BCUT2D eigenvalue weighted by atomic mass is 16.5. The Morgan fingerprint density at radius 3 is 2.79 bits per heavy atom. The quantitative estimate of drug-likeness (QED) is 0.575. The molecule has 0 bridgehead atoms. The van der Waals surface area contributed by atoms with E-state index in [9.17, 15) is 0 Å². The second-order valence-electron chi connectivity index (χ2n) is 4.94. The Kier molecular flexibility index (Phi) is 4.93. The molecule has 6 nitrogen and oxygen atoms in total. The fourth-order valence-corrected chi connectivity index (χ4v) is 2.28. The molecule has 0 amide bonds. The van der Waals surface area contributed by atoms with Crippen molar-refractivity contribution in [3.8, 4) is 0 Å². The summed E-state index contributed by atoms with van der Waals surface area (Å²) in [7, 11) is 1.64. The average molecular weight is 265 g/mol. The van der Waals surface area contributed by atoms with Gasteiger partial charge >= 0.3 is 0 Å². The van der Waals surface area contributed by atoms with Gasteiger partial charge in [0.1, 0.15) is 18.2 Å². The number of methoxy groups -OCH3 is 1. The fraction of sp³-hybridized carbons (Fsp3) is 0.692. The standard InChI is InChI=1S/C13H23N5O/c1-3-18(8-10-5-4-6-10)13-7-11(17-14)15-12(16-13)9-19-2/h7,10H,3-6,8-9,14H2,1-2H3,(H,15,16,17). The predicted molar refractivity (Wildman–Crippen MR) is 75.8 cm³/mol. The van der Waals surface area contributed by atoms with E-state index in [1.165, 1.54) is 19.3 Å². The van der Waals surface area contributed by atoms with Crippen LogP contribution >= 0.6 is 0 Å². The number of nitrogens with zero attached hydrogens (tertiary/aromatic N) is 3. The molecule has 1 aromatic rings. The van der Waals surface area contributed by atoms with Crippen molar-refractivity contribution in [1.82, 2.24) is 9.97 Å². The Balaban J connectivity index is 2.16. The summed E-state index contributed by atoms with van der Waals surface area (Å²) in [4.78, 5) is 11.1. The Morgan fingerprint density at radius 1 is 1.47 bits per heavy atom. The van der Waals surface area contributed by atoms with Gasteiger partial charge in [-0.2, -0.15) is 0 Å². The molecule has 0 aliphatic heterocycles. The third-order valence-corrected chi connectivity index (χ3v) is 3.59. The lowest BCUT2D eigenvalue weighted by Crippen LogP contribution is -2.33. The SMILES string of the molecule is CCN(CC1CCC1)c1cc(NN)nc(COC)n1. The zero-order chi connectivity index (χ0) is 13.7. The number of anilines is 2. The molecule has 1 aromatic heterocycles. The molecule has 1 fully saturated rings. The van der Waals surface area contributed by atoms with E-state index in [1.54, 1.807) is 7.11 Å². The average Bonchev–Trinajstić information content (AvgIpc) is 2.37. The van der Waals surface area contributed by atoms with Crippen LogP contribution in [0.2, 0.25) is 0 Å². The molecule has 0 saturated heterocycles. The highest BCUT2D eigenvalue weighted by Crippen LogP contribution is 2.28. The molecule has 1 heterocycles.